The van der Waals surface area contributed by atoms with Crippen LogP contribution in [-0.2, 0) is 6.61 Å². The van der Waals surface area contributed by atoms with Crippen LogP contribution in [-0.4, -0.2) is 6.29 Å². The normalized spacial score (nSPS) is 10.3. The Labute approximate surface area is 117 Å². The van der Waals surface area contributed by atoms with E-state index in [1.54, 1.807) is 18.2 Å². The molecule has 0 aromatic heterocycles. The third-order valence-corrected chi connectivity index (χ3v) is 3.10. The third kappa shape index (κ3) is 3.38. The van der Waals surface area contributed by atoms with Crippen LogP contribution in [0.15, 0.2) is 40.9 Å². The Kier molecular flexibility index (Phi) is 4.27. The van der Waals surface area contributed by atoms with Gasteiger partial charge in [0, 0.05) is 11.1 Å². The van der Waals surface area contributed by atoms with Crippen molar-refractivity contribution in [2.45, 2.75) is 6.61 Å². The van der Waals surface area contributed by atoms with Crippen molar-refractivity contribution < 1.29 is 18.3 Å². The van der Waals surface area contributed by atoms with E-state index in [4.69, 9.17) is 4.74 Å². The molecule has 19 heavy (non-hydrogen) atoms. The van der Waals surface area contributed by atoms with Gasteiger partial charge in [0.1, 0.15) is 30.3 Å². The maximum absolute atomic E-state index is 13.4. The van der Waals surface area contributed by atoms with Crippen LogP contribution in [0.4, 0.5) is 8.78 Å². The Balaban J connectivity index is 2.14. The van der Waals surface area contributed by atoms with Crippen molar-refractivity contribution in [2.24, 2.45) is 0 Å². The molecule has 0 fully saturated rings. The number of benzene rings is 2. The van der Waals surface area contributed by atoms with Crippen molar-refractivity contribution in [3.8, 4) is 5.75 Å². The zero-order valence-corrected chi connectivity index (χ0v) is 11.3. The molecule has 2 nitrogen and oxygen atoms in total. The second kappa shape index (κ2) is 5.93. The Hall–Kier alpha value is -1.75. The predicted molar refractivity (Wildman–Crippen MR) is 70.2 cm³/mol. The molecule has 0 atom stereocenters. The lowest BCUT2D eigenvalue weighted by molar-refractivity contribution is 0.112. The molecule has 2 aromatic carbocycles. The monoisotopic (exact) mass is 326 g/mol. The van der Waals surface area contributed by atoms with E-state index in [1.807, 2.05) is 0 Å². The first-order valence-corrected chi connectivity index (χ1v) is 6.21. The van der Waals surface area contributed by atoms with E-state index in [9.17, 15) is 13.6 Å². The minimum atomic E-state index is -0.526. The van der Waals surface area contributed by atoms with E-state index < -0.39 is 11.6 Å². The van der Waals surface area contributed by atoms with Gasteiger partial charge in [0.05, 0.1) is 4.47 Å². The lowest BCUT2D eigenvalue weighted by Gasteiger charge is -2.09. The van der Waals surface area contributed by atoms with Crippen LogP contribution in [0.2, 0.25) is 0 Å². The quantitative estimate of drug-likeness (QED) is 0.790. The van der Waals surface area contributed by atoms with Gasteiger partial charge in [0.25, 0.3) is 0 Å². The van der Waals surface area contributed by atoms with E-state index >= 15 is 0 Å². The minimum Gasteiger partial charge on any atom is -0.488 e. The molecule has 98 valence electrons. The lowest BCUT2D eigenvalue weighted by atomic mass is 10.2. The first-order valence-electron chi connectivity index (χ1n) is 5.41. The highest BCUT2D eigenvalue weighted by Gasteiger charge is 2.07. The summed E-state index contributed by atoms with van der Waals surface area (Å²) < 4.78 is 32.3. The van der Waals surface area contributed by atoms with Gasteiger partial charge >= 0.3 is 0 Å². The number of hydrogen-bond donors (Lipinski definition) is 0. The van der Waals surface area contributed by atoms with Crippen molar-refractivity contribution in [3.05, 3.63) is 63.6 Å². The van der Waals surface area contributed by atoms with Crippen LogP contribution in [0.5, 0.6) is 5.75 Å². The van der Waals surface area contributed by atoms with Gasteiger partial charge in [-0.3, -0.25) is 4.79 Å². The molecular weight excluding hydrogens is 318 g/mol. The van der Waals surface area contributed by atoms with Gasteiger partial charge in [0.2, 0.25) is 0 Å². The fraction of sp³-hybridized carbons (Fsp3) is 0.0714. The Morgan fingerprint density at radius 3 is 2.63 bits per heavy atom. The number of ether oxygens (including phenoxy) is 1. The summed E-state index contributed by atoms with van der Waals surface area (Å²) in [5.74, 6) is -0.591. The van der Waals surface area contributed by atoms with E-state index in [0.29, 0.717) is 22.1 Å². The van der Waals surface area contributed by atoms with Crippen molar-refractivity contribution in [2.75, 3.05) is 0 Å². The number of carbonyl (C=O) groups excluding carboxylic acids is 1. The number of hydrogen-bond acceptors (Lipinski definition) is 2. The predicted octanol–water partition coefficient (Wildman–Crippen LogP) is 4.12. The third-order valence-electron chi connectivity index (χ3n) is 2.48. The summed E-state index contributed by atoms with van der Waals surface area (Å²) in [6.07, 6.45) is 0.709. The summed E-state index contributed by atoms with van der Waals surface area (Å²) in [6, 6.07) is 7.94. The van der Waals surface area contributed by atoms with Crippen LogP contribution in [0, 0.1) is 11.6 Å². The van der Waals surface area contributed by atoms with Gasteiger partial charge in [-0.05, 0) is 52.3 Å². The molecular formula is C14H9BrF2O2. The highest BCUT2D eigenvalue weighted by atomic mass is 79.9. The van der Waals surface area contributed by atoms with Crippen LogP contribution >= 0.6 is 15.9 Å². The zero-order chi connectivity index (χ0) is 13.8. The molecule has 0 unspecified atom stereocenters. The molecule has 0 bridgehead atoms. The van der Waals surface area contributed by atoms with Crippen LogP contribution in [0.1, 0.15) is 15.9 Å². The topological polar surface area (TPSA) is 26.3 Å². The fourth-order valence-corrected chi connectivity index (χ4v) is 2.03. The second-order valence-corrected chi connectivity index (χ2v) is 4.69. The molecule has 0 radical (unpaired) electrons. The minimum absolute atomic E-state index is 0.0946. The molecule has 0 saturated carbocycles. The van der Waals surface area contributed by atoms with Gasteiger partial charge in [0.15, 0.2) is 0 Å². The molecule has 0 amide bonds. The number of carbonyl (C=O) groups is 1. The summed E-state index contributed by atoms with van der Waals surface area (Å²) in [4.78, 5) is 10.6. The van der Waals surface area contributed by atoms with Crippen LogP contribution < -0.4 is 4.74 Å². The first-order chi connectivity index (χ1) is 9.10. The standard InChI is InChI=1S/C14H9BrF2O2/c15-12-5-9(7-18)1-4-14(12)19-8-10-6-11(16)2-3-13(10)17/h1-7H,8H2. The van der Waals surface area contributed by atoms with E-state index in [2.05, 4.69) is 15.9 Å². The largest absolute Gasteiger partial charge is 0.488 e. The maximum Gasteiger partial charge on any atom is 0.150 e. The summed E-state index contributed by atoms with van der Waals surface area (Å²) in [7, 11) is 0. The lowest BCUT2D eigenvalue weighted by Crippen LogP contribution is -2.00. The Morgan fingerprint density at radius 2 is 1.95 bits per heavy atom. The molecule has 2 aromatic rings. The summed E-state index contributed by atoms with van der Waals surface area (Å²) in [5.41, 5.74) is 0.627. The van der Waals surface area contributed by atoms with Gasteiger partial charge in [-0.15, -0.1) is 0 Å². The average molecular weight is 327 g/mol. The number of rotatable bonds is 4. The average Bonchev–Trinajstić information content (AvgIpc) is 2.40. The second-order valence-electron chi connectivity index (χ2n) is 3.83. The summed E-state index contributed by atoms with van der Waals surface area (Å²) >= 11 is 3.24. The van der Waals surface area contributed by atoms with E-state index in [-0.39, 0.29) is 12.2 Å². The fourth-order valence-electron chi connectivity index (χ4n) is 1.52. The van der Waals surface area contributed by atoms with Crippen molar-refractivity contribution in [1.82, 2.24) is 0 Å². The molecule has 0 spiro atoms. The highest BCUT2D eigenvalue weighted by molar-refractivity contribution is 9.10. The molecule has 0 aliphatic carbocycles. The zero-order valence-electron chi connectivity index (χ0n) is 9.70. The van der Waals surface area contributed by atoms with E-state index in [1.165, 1.54) is 0 Å². The molecule has 0 heterocycles. The van der Waals surface area contributed by atoms with Crippen LogP contribution in [0.25, 0.3) is 0 Å². The van der Waals surface area contributed by atoms with Gasteiger partial charge in [-0.25, -0.2) is 8.78 Å². The van der Waals surface area contributed by atoms with Gasteiger partial charge < -0.3 is 4.74 Å². The molecule has 2 rings (SSSR count). The SMILES string of the molecule is O=Cc1ccc(OCc2cc(F)ccc2F)c(Br)c1. The smallest absolute Gasteiger partial charge is 0.150 e. The maximum atomic E-state index is 13.4. The van der Waals surface area contributed by atoms with Crippen molar-refractivity contribution in [3.63, 3.8) is 0 Å². The molecule has 0 saturated heterocycles. The van der Waals surface area contributed by atoms with Gasteiger partial charge in [-0.2, -0.15) is 0 Å². The van der Waals surface area contributed by atoms with Gasteiger partial charge in [-0.1, -0.05) is 0 Å². The van der Waals surface area contributed by atoms with Crippen molar-refractivity contribution in [1.29, 1.82) is 0 Å². The first kappa shape index (κ1) is 13.7. The highest BCUT2D eigenvalue weighted by Crippen LogP contribution is 2.26. The molecule has 0 aliphatic rings. The Morgan fingerprint density at radius 1 is 1.16 bits per heavy atom. The summed E-state index contributed by atoms with van der Waals surface area (Å²) in [5, 5.41) is 0. The number of halogens is 3. The summed E-state index contributed by atoms with van der Waals surface area (Å²) in [6.45, 7) is -0.0946. The Bertz CT molecular complexity index is 614. The number of aldehydes is 1. The van der Waals surface area contributed by atoms with Crippen molar-refractivity contribution >= 4 is 22.2 Å². The van der Waals surface area contributed by atoms with Crippen LogP contribution in [0.3, 0.4) is 0 Å². The van der Waals surface area contributed by atoms with E-state index in [0.717, 1.165) is 18.2 Å². The molecule has 0 aliphatic heterocycles. The molecule has 5 heteroatoms. The molecule has 0 N–H and O–H groups in total.